The molecule has 0 bridgehead atoms. The number of hydrogen-bond acceptors (Lipinski definition) is 3. The summed E-state index contributed by atoms with van der Waals surface area (Å²) in [5.74, 6) is -1.36. The third-order valence-corrected chi connectivity index (χ3v) is 3.42. The maximum atomic E-state index is 13.8. The Bertz CT molecular complexity index is 475. The van der Waals surface area contributed by atoms with E-state index in [1.54, 1.807) is 0 Å². The highest BCUT2D eigenvalue weighted by Gasteiger charge is 2.25. The summed E-state index contributed by atoms with van der Waals surface area (Å²) in [5, 5.41) is 8.82. The van der Waals surface area contributed by atoms with Crippen LogP contribution in [0.15, 0.2) is 10.5 Å². The Morgan fingerprint density at radius 1 is 1.65 bits per heavy atom. The topological polar surface area (TPSA) is 55.8 Å². The monoisotopic (exact) mass is 304 g/mol. The highest BCUT2D eigenvalue weighted by Crippen LogP contribution is 2.43. The van der Waals surface area contributed by atoms with Crippen LogP contribution in [0.3, 0.4) is 0 Å². The van der Waals surface area contributed by atoms with Gasteiger partial charge in [0.05, 0.1) is 10.4 Å². The van der Waals surface area contributed by atoms with Crippen molar-refractivity contribution in [1.29, 1.82) is 0 Å². The summed E-state index contributed by atoms with van der Waals surface area (Å²) in [6.45, 7) is 1.57. The lowest BCUT2D eigenvalue weighted by molar-refractivity contribution is -0.141. The third kappa shape index (κ3) is 2.22. The minimum atomic E-state index is -0.964. The van der Waals surface area contributed by atoms with E-state index in [0.29, 0.717) is 21.5 Å². The summed E-state index contributed by atoms with van der Waals surface area (Å²) >= 11 is 3.22. The molecule has 0 radical (unpaired) electrons. The fourth-order valence-electron chi connectivity index (χ4n) is 1.59. The summed E-state index contributed by atoms with van der Waals surface area (Å²) in [6.07, 6.45) is 0.0956. The standard InChI is InChI=1S/C11H10BrFO4/c1-5(11(14)15)2-6-7(13)3-8-10(9(6)12)17-4-16-8/h3,5H,2,4H2,1H3,(H,14,15). The van der Waals surface area contributed by atoms with E-state index in [2.05, 4.69) is 15.9 Å². The minimum absolute atomic E-state index is 0.0469. The molecule has 1 aliphatic heterocycles. The first-order valence-electron chi connectivity index (χ1n) is 5.00. The SMILES string of the molecule is CC(Cc1c(F)cc2c(c1Br)OCO2)C(=O)O. The molecule has 1 aromatic carbocycles. The highest BCUT2D eigenvalue weighted by atomic mass is 79.9. The van der Waals surface area contributed by atoms with E-state index < -0.39 is 17.7 Å². The molecule has 0 aliphatic carbocycles. The van der Waals surface area contributed by atoms with Gasteiger partial charge in [0.15, 0.2) is 11.5 Å². The fraction of sp³-hybridized carbons (Fsp3) is 0.364. The molecule has 92 valence electrons. The molecular formula is C11H10BrFO4. The molecular weight excluding hydrogens is 295 g/mol. The Kier molecular flexibility index (Phi) is 3.24. The lowest BCUT2D eigenvalue weighted by atomic mass is 10.0. The molecule has 6 heteroatoms. The van der Waals surface area contributed by atoms with Gasteiger partial charge in [0.2, 0.25) is 6.79 Å². The van der Waals surface area contributed by atoms with Crippen molar-refractivity contribution in [2.45, 2.75) is 13.3 Å². The van der Waals surface area contributed by atoms with Gasteiger partial charge in [0.1, 0.15) is 5.82 Å². The largest absolute Gasteiger partial charge is 0.481 e. The molecule has 1 aromatic rings. The minimum Gasteiger partial charge on any atom is -0.481 e. The van der Waals surface area contributed by atoms with Crippen molar-refractivity contribution in [3.05, 3.63) is 21.9 Å². The summed E-state index contributed by atoms with van der Waals surface area (Å²) in [4.78, 5) is 10.8. The van der Waals surface area contributed by atoms with Crippen molar-refractivity contribution in [2.24, 2.45) is 5.92 Å². The van der Waals surface area contributed by atoms with Crippen LogP contribution in [-0.2, 0) is 11.2 Å². The maximum Gasteiger partial charge on any atom is 0.306 e. The molecule has 0 spiro atoms. The van der Waals surface area contributed by atoms with Gasteiger partial charge in [-0.1, -0.05) is 6.92 Å². The highest BCUT2D eigenvalue weighted by molar-refractivity contribution is 9.10. The zero-order valence-corrected chi connectivity index (χ0v) is 10.6. The summed E-state index contributed by atoms with van der Waals surface area (Å²) in [6, 6.07) is 1.22. The zero-order valence-electron chi connectivity index (χ0n) is 9.00. The second-order valence-corrected chi connectivity index (χ2v) is 4.62. The van der Waals surface area contributed by atoms with Gasteiger partial charge in [0.25, 0.3) is 0 Å². The van der Waals surface area contributed by atoms with Gasteiger partial charge in [-0.3, -0.25) is 4.79 Å². The molecule has 0 aromatic heterocycles. The number of carbonyl (C=O) groups is 1. The average Bonchev–Trinajstić information content (AvgIpc) is 2.71. The first kappa shape index (κ1) is 12.2. The Morgan fingerprint density at radius 3 is 3.00 bits per heavy atom. The normalized spacial score (nSPS) is 14.8. The summed E-state index contributed by atoms with van der Waals surface area (Å²) < 4.78 is 24.4. The number of carboxylic acids is 1. The van der Waals surface area contributed by atoms with Crippen molar-refractivity contribution in [3.63, 3.8) is 0 Å². The van der Waals surface area contributed by atoms with E-state index in [0.717, 1.165) is 0 Å². The van der Waals surface area contributed by atoms with Gasteiger partial charge in [-0.25, -0.2) is 4.39 Å². The van der Waals surface area contributed by atoms with Crippen LogP contribution in [0.25, 0.3) is 0 Å². The van der Waals surface area contributed by atoms with Crippen LogP contribution < -0.4 is 9.47 Å². The number of aliphatic carboxylic acids is 1. The van der Waals surface area contributed by atoms with Gasteiger partial charge in [-0.05, 0) is 22.4 Å². The van der Waals surface area contributed by atoms with Crippen LogP contribution in [0.2, 0.25) is 0 Å². The fourth-order valence-corrected chi connectivity index (χ4v) is 2.25. The van der Waals surface area contributed by atoms with Crippen LogP contribution >= 0.6 is 15.9 Å². The predicted molar refractivity (Wildman–Crippen MR) is 60.7 cm³/mol. The van der Waals surface area contributed by atoms with E-state index in [1.807, 2.05) is 0 Å². The molecule has 17 heavy (non-hydrogen) atoms. The number of hydrogen-bond donors (Lipinski definition) is 1. The summed E-state index contributed by atoms with van der Waals surface area (Å²) in [7, 11) is 0. The van der Waals surface area contributed by atoms with Gasteiger partial charge < -0.3 is 14.6 Å². The van der Waals surface area contributed by atoms with Crippen LogP contribution in [-0.4, -0.2) is 17.9 Å². The molecule has 0 amide bonds. The molecule has 1 heterocycles. The van der Waals surface area contributed by atoms with Crippen molar-refractivity contribution >= 4 is 21.9 Å². The molecule has 1 aliphatic rings. The zero-order chi connectivity index (χ0) is 12.6. The Labute approximate surface area is 105 Å². The smallest absolute Gasteiger partial charge is 0.306 e. The van der Waals surface area contributed by atoms with Crippen molar-refractivity contribution in [1.82, 2.24) is 0 Å². The summed E-state index contributed by atoms with van der Waals surface area (Å²) in [5.41, 5.74) is 0.296. The molecule has 1 atom stereocenters. The number of rotatable bonds is 3. The molecule has 1 N–H and O–H groups in total. The molecule has 0 saturated carbocycles. The quantitative estimate of drug-likeness (QED) is 0.932. The number of halogens is 2. The Balaban J connectivity index is 2.38. The molecule has 1 unspecified atom stereocenters. The van der Waals surface area contributed by atoms with Gasteiger partial charge in [-0.15, -0.1) is 0 Å². The molecule has 2 rings (SSSR count). The van der Waals surface area contributed by atoms with Crippen molar-refractivity contribution < 1.29 is 23.8 Å². The second kappa shape index (κ2) is 4.52. The number of fused-ring (bicyclic) bond motifs is 1. The Morgan fingerprint density at radius 2 is 2.35 bits per heavy atom. The van der Waals surface area contributed by atoms with Crippen LogP contribution in [0.1, 0.15) is 12.5 Å². The number of ether oxygens (including phenoxy) is 2. The van der Waals surface area contributed by atoms with Gasteiger partial charge in [0, 0.05) is 11.6 Å². The molecule has 0 fully saturated rings. The first-order valence-corrected chi connectivity index (χ1v) is 5.79. The van der Waals surface area contributed by atoms with E-state index in [4.69, 9.17) is 14.6 Å². The van der Waals surface area contributed by atoms with Crippen LogP contribution in [0.4, 0.5) is 4.39 Å². The van der Waals surface area contributed by atoms with Crippen LogP contribution in [0.5, 0.6) is 11.5 Å². The second-order valence-electron chi connectivity index (χ2n) is 3.83. The maximum absolute atomic E-state index is 13.8. The molecule has 0 saturated heterocycles. The van der Waals surface area contributed by atoms with E-state index >= 15 is 0 Å². The van der Waals surface area contributed by atoms with Gasteiger partial charge >= 0.3 is 5.97 Å². The average molecular weight is 305 g/mol. The predicted octanol–water partition coefficient (Wildman–Crippen LogP) is 2.58. The third-order valence-electron chi connectivity index (χ3n) is 2.58. The first-order chi connectivity index (χ1) is 8.00. The van der Waals surface area contributed by atoms with E-state index in [-0.39, 0.29) is 13.2 Å². The van der Waals surface area contributed by atoms with Gasteiger partial charge in [-0.2, -0.15) is 0 Å². The van der Waals surface area contributed by atoms with Crippen molar-refractivity contribution in [2.75, 3.05) is 6.79 Å². The lowest BCUT2D eigenvalue weighted by Gasteiger charge is -2.11. The van der Waals surface area contributed by atoms with E-state index in [1.165, 1.54) is 13.0 Å². The number of benzene rings is 1. The van der Waals surface area contributed by atoms with E-state index in [9.17, 15) is 9.18 Å². The van der Waals surface area contributed by atoms with Crippen LogP contribution in [0, 0.1) is 11.7 Å². The lowest BCUT2D eigenvalue weighted by Crippen LogP contribution is -2.13. The number of carboxylic acid groups (broad SMARTS) is 1. The Hall–Kier alpha value is -1.30. The van der Waals surface area contributed by atoms with Crippen molar-refractivity contribution in [3.8, 4) is 11.5 Å². The molecule has 4 nitrogen and oxygen atoms in total.